The van der Waals surface area contributed by atoms with Crippen molar-refractivity contribution in [3.05, 3.63) is 60.2 Å². The van der Waals surface area contributed by atoms with E-state index in [1.165, 1.54) is 16.7 Å². The zero-order valence-electron chi connectivity index (χ0n) is 10.6. The average Bonchev–Trinajstić information content (AvgIpc) is 2.47. The first-order valence-corrected chi connectivity index (χ1v) is 7.35. The van der Waals surface area contributed by atoms with Gasteiger partial charge in [-0.15, -0.1) is 0 Å². The number of carbonyl (C=O) groups excluding carboxylic acids is 1. The Morgan fingerprint density at radius 1 is 0.947 bits per heavy atom. The lowest BCUT2D eigenvalue weighted by Crippen LogP contribution is -2.37. The van der Waals surface area contributed by atoms with Gasteiger partial charge in [-0.2, -0.15) is 0 Å². The second-order valence-electron chi connectivity index (χ2n) is 4.58. The average molecular weight is 269 g/mol. The fourth-order valence-electron chi connectivity index (χ4n) is 2.01. The van der Waals surface area contributed by atoms with Gasteiger partial charge >= 0.3 is 0 Å². The van der Waals surface area contributed by atoms with Crippen molar-refractivity contribution in [2.45, 2.75) is 12.2 Å². The van der Waals surface area contributed by atoms with Crippen LogP contribution in [0.15, 0.2) is 54.6 Å². The summed E-state index contributed by atoms with van der Waals surface area (Å²) in [5.41, 5.74) is 3.72. The second-order valence-corrected chi connectivity index (χ2v) is 5.57. The Labute approximate surface area is 117 Å². The third-order valence-corrected chi connectivity index (χ3v) is 4.42. The van der Waals surface area contributed by atoms with Crippen LogP contribution in [0.2, 0.25) is 0 Å². The maximum absolute atomic E-state index is 11.2. The van der Waals surface area contributed by atoms with Crippen molar-refractivity contribution in [1.29, 1.82) is 0 Å². The summed E-state index contributed by atoms with van der Waals surface area (Å²) in [4.78, 5) is 11.2. The standard InChI is InChI=1S/C16H15NOS/c18-16-10-11-17(16)19-12-13-6-8-15(9-7-13)14-4-2-1-3-5-14/h1-9H,10-12H2. The van der Waals surface area contributed by atoms with Crippen LogP contribution in [0.4, 0.5) is 0 Å². The Morgan fingerprint density at radius 2 is 1.63 bits per heavy atom. The third kappa shape index (κ3) is 2.82. The van der Waals surface area contributed by atoms with Crippen LogP contribution in [-0.4, -0.2) is 16.8 Å². The molecule has 1 fully saturated rings. The highest BCUT2D eigenvalue weighted by Crippen LogP contribution is 2.25. The smallest absolute Gasteiger partial charge is 0.234 e. The van der Waals surface area contributed by atoms with Crippen molar-refractivity contribution in [3.8, 4) is 11.1 Å². The van der Waals surface area contributed by atoms with Crippen LogP contribution in [-0.2, 0) is 10.5 Å². The molecule has 0 aromatic heterocycles. The molecule has 1 amide bonds. The van der Waals surface area contributed by atoms with Crippen molar-refractivity contribution in [3.63, 3.8) is 0 Å². The monoisotopic (exact) mass is 269 g/mol. The van der Waals surface area contributed by atoms with Gasteiger partial charge in [-0.05, 0) is 28.6 Å². The van der Waals surface area contributed by atoms with Crippen LogP contribution >= 0.6 is 11.9 Å². The summed E-state index contributed by atoms with van der Waals surface area (Å²) < 4.78 is 1.84. The molecule has 0 aliphatic carbocycles. The molecule has 0 unspecified atom stereocenters. The predicted octanol–water partition coefficient (Wildman–Crippen LogP) is 3.73. The number of amides is 1. The Balaban J connectivity index is 1.64. The van der Waals surface area contributed by atoms with E-state index in [4.69, 9.17) is 0 Å². The molecule has 1 aliphatic heterocycles. The highest BCUT2D eigenvalue weighted by atomic mass is 32.2. The lowest BCUT2D eigenvalue weighted by atomic mass is 10.0. The van der Waals surface area contributed by atoms with Gasteiger partial charge in [-0.25, -0.2) is 0 Å². The van der Waals surface area contributed by atoms with Gasteiger partial charge < -0.3 is 0 Å². The lowest BCUT2D eigenvalue weighted by molar-refractivity contribution is -0.132. The minimum Gasteiger partial charge on any atom is -0.286 e. The molecule has 0 radical (unpaired) electrons. The lowest BCUT2D eigenvalue weighted by Gasteiger charge is -2.28. The maximum atomic E-state index is 11.2. The molecule has 2 aromatic carbocycles. The van der Waals surface area contributed by atoms with E-state index in [0.29, 0.717) is 6.42 Å². The highest BCUT2D eigenvalue weighted by Gasteiger charge is 2.23. The number of benzene rings is 2. The number of β-lactam (4-membered cyclic amide) rings is 1. The van der Waals surface area contributed by atoms with E-state index in [1.807, 2.05) is 10.4 Å². The molecule has 0 atom stereocenters. The zero-order valence-corrected chi connectivity index (χ0v) is 11.4. The Hall–Kier alpha value is -1.74. The van der Waals surface area contributed by atoms with E-state index in [0.717, 1.165) is 12.3 Å². The highest BCUT2D eigenvalue weighted by molar-refractivity contribution is 7.96. The molecule has 19 heavy (non-hydrogen) atoms. The summed E-state index contributed by atoms with van der Waals surface area (Å²) in [7, 11) is 0. The first-order valence-electron chi connectivity index (χ1n) is 6.40. The van der Waals surface area contributed by atoms with Crippen molar-refractivity contribution in [2.75, 3.05) is 6.54 Å². The number of nitrogens with zero attached hydrogens (tertiary/aromatic N) is 1. The van der Waals surface area contributed by atoms with Crippen LogP contribution in [0.3, 0.4) is 0 Å². The SMILES string of the molecule is O=C1CCN1SCc1ccc(-c2ccccc2)cc1. The number of hydrogen-bond acceptors (Lipinski definition) is 2. The summed E-state index contributed by atoms with van der Waals surface area (Å²) in [5, 5.41) is 0. The van der Waals surface area contributed by atoms with E-state index >= 15 is 0 Å². The molecule has 96 valence electrons. The maximum Gasteiger partial charge on any atom is 0.234 e. The number of carbonyl (C=O) groups is 1. The van der Waals surface area contributed by atoms with Gasteiger partial charge in [0.25, 0.3) is 0 Å². The summed E-state index contributed by atoms with van der Waals surface area (Å²) >= 11 is 1.61. The van der Waals surface area contributed by atoms with Crippen molar-refractivity contribution >= 4 is 17.9 Å². The quantitative estimate of drug-likeness (QED) is 0.622. The zero-order chi connectivity index (χ0) is 13.1. The summed E-state index contributed by atoms with van der Waals surface area (Å²) in [5.74, 6) is 1.12. The van der Waals surface area contributed by atoms with Gasteiger partial charge in [-0.1, -0.05) is 54.6 Å². The van der Waals surface area contributed by atoms with E-state index in [9.17, 15) is 4.79 Å². The van der Waals surface area contributed by atoms with Crippen LogP contribution in [0.25, 0.3) is 11.1 Å². The normalized spacial score (nSPS) is 14.3. The van der Waals surface area contributed by atoms with Crippen molar-refractivity contribution in [2.24, 2.45) is 0 Å². The minimum atomic E-state index is 0.255. The predicted molar refractivity (Wildman–Crippen MR) is 79.5 cm³/mol. The molecule has 3 rings (SSSR count). The van der Waals surface area contributed by atoms with Crippen molar-refractivity contribution < 1.29 is 4.79 Å². The fourth-order valence-corrected chi connectivity index (χ4v) is 2.96. The van der Waals surface area contributed by atoms with Crippen LogP contribution in [0.1, 0.15) is 12.0 Å². The molecule has 2 nitrogen and oxygen atoms in total. The topological polar surface area (TPSA) is 20.3 Å². The molecule has 0 spiro atoms. The molecule has 3 heteroatoms. The van der Waals surface area contributed by atoms with Crippen LogP contribution in [0.5, 0.6) is 0 Å². The number of rotatable bonds is 4. The van der Waals surface area contributed by atoms with E-state index in [2.05, 4.69) is 48.5 Å². The minimum absolute atomic E-state index is 0.255. The molecule has 1 aliphatic rings. The van der Waals surface area contributed by atoms with Crippen LogP contribution in [0, 0.1) is 0 Å². The molecule has 2 aromatic rings. The summed E-state index contributed by atoms with van der Waals surface area (Å²) in [6.07, 6.45) is 0.708. The molecule has 1 saturated heterocycles. The van der Waals surface area contributed by atoms with Gasteiger partial charge in [-0.3, -0.25) is 9.10 Å². The Morgan fingerprint density at radius 3 is 2.21 bits per heavy atom. The number of hydrogen-bond donors (Lipinski definition) is 0. The van der Waals surface area contributed by atoms with Crippen molar-refractivity contribution in [1.82, 2.24) is 4.31 Å². The molecule has 1 heterocycles. The van der Waals surface area contributed by atoms with Crippen LogP contribution < -0.4 is 0 Å². The van der Waals surface area contributed by atoms with Gasteiger partial charge in [0.2, 0.25) is 5.91 Å². The summed E-state index contributed by atoms with van der Waals surface area (Å²) in [6.45, 7) is 0.894. The van der Waals surface area contributed by atoms with Gasteiger partial charge in [0.15, 0.2) is 0 Å². The first kappa shape index (κ1) is 12.3. The summed E-state index contributed by atoms with van der Waals surface area (Å²) in [6, 6.07) is 18.9. The fraction of sp³-hybridized carbons (Fsp3) is 0.188. The van der Waals surface area contributed by atoms with Gasteiger partial charge in [0, 0.05) is 18.7 Å². The molecular weight excluding hydrogens is 254 g/mol. The van der Waals surface area contributed by atoms with E-state index in [-0.39, 0.29) is 5.91 Å². The second kappa shape index (κ2) is 5.49. The molecule has 0 saturated carbocycles. The first-order chi connectivity index (χ1) is 9.33. The molecule has 0 N–H and O–H groups in total. The van der Waals surface area contributed by atoms with Gasteiger partial charge in [0.1, 0.15) is 0 Å². The van der Waals surface area contributed by atoms with E-state index in [1.54, 1.807) is 11.9 Å². The third-order valence-electron chi connectivity index (χ3n) is 3.26. The Bertz CT molecular complexity index is 565. The Kier molecular flexibility index (Phi) is 3.56. The largest absolute Gasteiger partial charge is 0.286 e. The molecule has 0 bridgehead atoms. The van der Waals surface area contributed by atoms with Gasteiger partial charge in [0.05, 0.1) is 0 Å². The van der Waals surface area contributed by atoms with E-state index < -0.39 is 0 Å². The molecular formula is C16H15NOS.